The maximum Gasteiger partial charge on any atom is 0.251 e. The summed E-state index contributed by atoms with van der Waals surface area (Å²) in [6.45, 7) is 3.14. The first-order chi connectivity index (χ1) is 13.2. The molecule has 4 rings (SSSR count). The van der Waals surface area contributed by atoms with Gasteiger partial charge in [0.05, 0.1) is 23.6 Å². The fourth-order valence-corrected chi connectivity index (χ4v) is 3.10. The molecule has 0 fully saturated rings. The van der Waals surface area contributed by atoms with E-state index in [1.807, 2.05) is 22.9 Å². The molecule has 1 aromatic carbocycles. The van der Waals surface area contributed by atoms with Crippen molar-refractivity contribution >= 4 is 36.5 Å². The van der Waals surface area contributed by atoms with E-state index in [-0.39, 0.29) is 30.7 Å². The van der Waals surface area contributed by atoms with Crippen molar-refractivity contribution in [1.29, 1.82) is 0 Å². The van der Waals surface area contributed by atoms with Crippen LogP contribution in [0.2, 0.25) is 0 Å². The molecular weight excluding hydrogens is 413 g/mol. The molecule has 0 saturated heterocycles. The van der Waals surface area contributed by atoms with E-state index in [0.717, 1.165) is 48.7 Å². The second-order valence-corrected chi connectivity index (χ2v) is 6.47. The van der Waals surface area contributed by atoms with Gasteiger partial charge in [-0.15, -0.1) is 24.8 Å². The Morgan fingerprint density at radius 1 is 1.17 bits per heavy atom. The van der Waals surface area contributed by atoms with Crippen LogP contribution in [-0.2, 0) is 19.6 Å². The van der Waals surface area contributed by atoms with Crippen molar-refractivity contribution < 1.29 is 4.79 Å². The second-order valence-electron chi connectivity index (χ2n) is 6.47. The number of hydrogen-bond donors (Lipinski definition) is 3. The van der Waals surface area contributed by atoms with Crippen molar-refractivity contribution in [3.63, 3.8) is 0 Å². The van der Waals surface area contributed by atoms with Crippen LogP contribution in [0.3, 0.4) is 0 Å². The van der Waals surface area contributed by atoms with Gasteiger partial charge in [-0.3, -0.25) is 9.48 Å². The fraction of sp³-hybridized carbons (Fsp3) is 0.263. The molecule has 0 unspecified atom stereocenters. The van der Waals surface area contributed by atoms with E-state index >= 15 is 0 Å². The number of hydrogen-bond acceptors (Lipinski definition) is 6. The molecule has 29 heavy (non-hydrogen) atoms. The number of carbonyl (C=O) groups excluding carboxylic acids is 1. The highest BCUT2D eigenvalue weighted by molar-refractivity contribution is 5.94. The molecule has 1 amide bonds. The summed E-state index contributed by atoms with van der Waals surface area (Å²) in [5.74, 6) is 0.278. The summed E-state index contributed by atoms with van der Waals surface area (Å²) < 4.78 is 2.02. The third-order valence-corrected chi connectivity index (χ3v) is 4.50. The number of fused-ring (bicyclic) bond motifs is 1. The minimum atomic E-state index is -0.134. The summed E-state index contributed by atoms with van der Waals surface area (Å²) in [5.41, 5.74) is 9.91. The highest BCUT2D eigenvalue weighted by atomic mass is 35.5. The number of nitrogens with two attached hydrogens (primary N) is 1. The fourth-order valence-electron chi connectivity index (χ4n) is 3.10. The van der Waals surface area contributed by atoms with Gasteiger partial charge in [0.2, 0.25) is 0 Å². The van der Waals surface area contributed by atoms with Gasteiger partial charge in [0.15, 0.2) is 0 Å². The van der Waals surface area contributed by atoms with Gasteiger partial charge in [-0.2, -0.15) is 5.10 Å². The monoisotopic (exact) mass is 435 g/mol. The Morgan fingerprint density at radius 2 is 1.97 bits per heavy atom. The van der Waals surface area contributed by atoms with Gasteiger partial charge >= 0.3 is 0 Å². The lowest BCUT2D eigenvalue weighted by Crippen LogP contribution is -2.23. The van der Waals surface area contributed by atoms with E-state index in [1.165, 1.54) is 6.33 Å². The maximum atomic E-state index is 12.4. The Labute approximate surface area is 181 Å². The third-order valence-electron chi connectivity index (χ3n) is 4.50. The lowest BCUT2D eigenvalue weighted by atomic mass is 10.1. The third kappa shape index (κ3) is 5.44. The number of nitrogens with zero attached hydrogens (tertiary/aromatic N) is 4. The normalized spacial score (nSPS) is 12.7. The van der Waals surface area contributed by atoms with Gasteiger partial charge in [0.25, 0.3) is 5.91 Å². The minimum Gasteiger partial charge on any atom is -0.384 e. The van der Waals surface area contributed by atoms with Crippen LogP contribution in [0, 0.1) is 0 Å². The molecule has 2 aromatic heterocycles. The Balaban J connectivity index is 0.00000150. The standard InChI is InChI=1S/C19H21N7O.2ClH/c20-18-9-17(23-12-24-18)13-2-4-14(5-3-13)19(27)22-10-15-8-16-11-21-6-1-7-26(16)25-15;;/h2-5,8-9,12,21H,1,6-7,10-11H2,(H,22,27)(H2,20,23,24);2*1H. The summed E-state index contributed by atoms with van der Waals surface area (Å²) in [6, 6.07) is 11.0. The molecule has 0 radical (unpaired) electrons. The number of amides is 1. The molecule has 3 heterocycles. The maximum absolute atomic E-state index is 12.4. The molecule has 0 aliphatic carbocycles. The largest absolute Gasteiger partial charge is 0.384 e. The van der Waals surface area contributed by atoms with Gasteiger partial charge in [0, 0.05) is 30.3 Å². The van der Waals surface area contributed by atoms with Gasteiger partial charge in [-0.25, -0.2) is 9.97 Å². The summed E-state index contributed by atoms with van der Waals surface area (Å²) in [4.78, 5) is 20.5. The van der Waals surface area contributed by atoms with E-state index in [1.54, 1.807) is 18.2 Å². The van der Waals surface area contributed by atoms with Crippen LogP contribution in [0.5, 0.6) is 0 Å². The van der Waals surface area contributed by atoms with Crippen LogP contribution in [0.1, 0.15) is 28.2 Å². The van der Waals surface area contributed by atoms with E-state index in [0.29, 0.717) is 17.9 Å². The number of halogens is 2. The quantitative estimate of drug-likeness (QED) is 0.578. The van der Waals surface area contributed by atoms with Crippen LogP contribution in [0.4, 0.5) is 5.82 Å². The zero-order valence-electron chi connectivity index (χ0n) is 15.7. The zero-order chi connectivity index (χ0) is 18.6. The van der Waals surface area contributed by atoms with Crippen LogP contribution >= 0.6 is 24.8 Å². The Kier molecular flexibility index (Phi) is 7.95. The molecule has 154 valence electrons. The molecule has 4 N–H and O–H groups in total. The first kappa shape index (κ1) is 22.6. The summed E-state index contributed by atoms with van der Waals surface area (Å²) >= 11 is 0. The van der Waals surface area contributed by atoms with Gasteiger partial charge in [-0.1, -0.05) is 12.1 Å². The average Bonchev–Trinajstić information content (AvgIpc) is 2.95. The topological polar surface area (TPSA) is 111 Å². The van der Waals surface area contributed by atoms with Crippen LogP contribution in [0.25, 0.3) is 11.3 Å². The smallest absolute Gasteiger partial charge is 0.251 e. The molecule has 8 nitrogen and oxygen atoms in total. The molecule has 1 aliphatic heterocycles. The van der Waals surface area contributed by atoms with Crippen LogP contribution < -0.4 is 16.4 Å². The molecule has 0 spiro atoms. The van der Waals surface area contributed by atoms with E-state index < -0.39 is 0 Å². The van der Waals surface area contributed by atoms with Crippen molar-refractivity contribution in [2.24, 2.45) is 0 Å². The molecule has 10 heteroatoms. The minimum absolute atomic E-state index is 0. The number of aryl methyl sites for hydroxylation is 1. The average molecular weight is 436 g/mol. The Hall–Kier alpha value is -2.68. The summed E-state index contributed by atoms with van der Waals surface area (Å²) in [7, 11) is 0. The first-order valence-electron chi connectivity index (χ1n) is 8.91. The zero-order valence-corrected chi connectivity index (χ0v) is 17.3. The highest BCUT2D eigenvalue weighted by Crippen LogP contribution is 2.18. The Morgan fingerprint density at radius 3 is 2.72 bits per heavy atom. The van der Waals surface area contributed by atoms with Crippen molar-refractivity contribution in [2.45, 2.75) is 26.1 Å². The summed E-state index contributed by atoms with van der Waals surface area (Å²) in [5, 5.41) is 10.9. The molecule has 1 aliphatic rings. The number of carbonyl (C=O) groups is 1. The predicted molar refractivity (Wildman–Crippen MR) is 116 cm³/mol. The van der Waals surface area contributed by atoms with Crippen molar-refractivity contribution in [2.75, 3.05) is 12.3 Å². The van der Waals surface area contributed by atoms with E-state index in [9.17, 15) is 4.79 Å². The number of aromatic nitrogens is 4. The molecular formula is C19H23Cl2N7O. The highest BCUT2D eigenvalue weighted by Gasteiger charge is 2.12. The second kappa shape index (κ2) is 10.2. The summed E-state index contributed by atoms with van der Waals surface area (Å²) in [6.07, 6.45) is 2.48. The number of nitrogen functional groups attached to an aromatic ring is 1. The molecule has 0 atom stereocenters. The number of rotatable bonds is 4. The molecule has 3 aromatic rings. The predicted octanol–water partition coefficient (Wildman–Crippen LogP) is 2.19. The van der Waals surface area contributed by atoms with Crippen LogP contribution in [0.15, 0.2) is 42.7 Å². The van der Waals surface area contributed by atoms with Crippen molar-refractivity contribution in [3.8, 4) is 11.3 Å². The van der Waals surface area contributed by atoms with Crippen molar-refractivity contribution in [3.05, 3.63) is 59.7 Å². The SMILES string of the molecule is Cl.Cl.Nc1cc(-c2ccc(C(=O)NCc3cc4n(n3)CCCNC4)cc2)ncn1. The first-order valence-corrected chi connectivity index (χ1v) is 8.91. The van der Waals surface area contributed by atoms with Crippen molar-refractivity contribution in [1.82, 2.24) is 30.4 Å². The number of nitrogens with one attached hydrogen (secondary N) is 2. The lowest BCUT2D eigenvalue weighted by Gasteiger charge is -2.05. The number of anilines is 1. The Bertz CT molecular complexity index is 936. The lowest BCUT2D eigenvalue weighted by molar-refractivity contribution is 0.0950. The van der Waals surface area contributed by atoms with Gasteiger partial charge in [-0.05, 0) is 31.2 Å². The number of benzene rings is 1. The van der Waals surface area contributed by atoms with E-state index in [2.05, 4.69) is 25.7 Å². The van der Waals surface area contributed by atoms with Crippen LogP contribution in [-0.4, -0.2) is 32.2 Å². The molecule has 0 saturated carbocycles. The molecule has 0 bridgehead atoms. The van der Waals surface area contributed by atoms with E-state index in [4.69, 9.17) is 5.73 Å². The van der Waals surface area contributed by atoms with Gasteiger partial charge in [0.1, 0.15) is 12.1 Å². The van der Waals surface area contributed by atoms with Gasteiger partial charge < -0.3 is 16.4 Å².